The molecule has 118 valence electrons. The minimum Gasteiger partial charge on any atom is -0.296 e. The van der Waals surface area contributed by atoms with Crippen LogP contribution in [0.15, 0.2) is 65.7 Å². The topological polar surface area (TPSA) is 63.1 Å². The van der Waals surface area contributed by atoms with E-state index in [0.29, 0.717) is 17.6 Å². The van der Waals surface area contributed by atoms with E-state index in [1.54, 1.807) is 12.4 Å². The maximum Gasteiger partial charge on any atom is 0.276 e. The highest BCUT2D eigenvalue weighted by Gasteiger charge is 2.15. The second-order valence-electron chi connectivity index (χ2n) is 5.70. The SMILES string of the molecule is Cc1nc2c(-c3ccccn3)c[nH]n2c(=O)c1Cc1ccccc1. The van der Waals surface area contributed by atoms with Gasteiger partial charge in [0.15, 0.2) is 5.65 Å². The zero-order valence-electron chi connectivity index (χ0n) is 13.2. The molecule has 0 aliphatic rings. The molecule has 0 aliphatic carbocycles. The van der Waals surface area contributed by atoms with E-state index in [-0.39, 0.29) is 5.56 Å². The summed E-state index contributed by atoms with van der Waals surface area (Å²) in [5, 5.41) is 3.01. The fraction of sp³-hybridized carbons (Fsp3) is 0.105. The third-order valence-corrected chi connectivity index (χ3v) is 4.13. The van der Waals surface area contributed by atoms with Gasteiger partial charge in [0.05, 0.1) is 11.3 Å². The van der Waals surface area contributed by atoms with Crippen molar-refractivity contribution in [2.24, 2.45) is 0 Å². The molecule has 0 aliphatic heterocycles. The molecule has 0 radical (unpaired) electrons. The number of H-pyrrole nitrogens is 1. The molecule has 0 saturated heterocycles. The maximum atomic E-state index is 12.9. The van der Waals surface area contributed by atoms with Crippen molar-refractivity contribution in [1.29, 1.82) is 0 Å². The van der Waals surface area contributed by atoms with Crippen molar-refractivity contribution in [2.45, 2.75) is 13.3 Å². The van der Waals surface area contributed by atoms with E-state index in [4.69, 9.17) is 0 Å². The zero-order chi connectivity index (χ0) is 16.5. The quantitative estimate of drug-likeness (QED) is 0.632. The van der Waals surface area contributed by atoms with Crippen molar-refractivity contribution in [3.63, 3.8) is 0 Å². The molecule has 0 spiro atoms. The van der Waals surface area contributed by atoms with Crippen LogP contribution < -0.4 is 5.56 Å². The van der Waals surface area contributed by atoms with Crippen LogP contribution >= 0.6 is 0 Å². The molecular formula is C19H16N4O. The van der Waals surface area contributed by atoms with Gasteiger partial charge in [0.2, 0.25) is 0 Å². The summed E-state index contributed by atoms with van der Waals surface area (Å²) in [5.74, 6) is 0. The molecule has 5 nitrogen and oxygen atoms in total. The normalized spacial score (nSPS) is 11.0. The molecule has 4 aromatic rings. The standard InChI is InChI=1S/C19H16N4O/c1-13-15(11-14-7-3-2-4-8-14)19(24)23-18(22-13)16(12-21-23)17-9-5-6-10-20-17/h2-10,12,21H,11H2,1H3. The molecule has 0 fully saturated rings. The first kappa shape index (κ1) is 14.4. The molecular weight excluding hydrogens is 300 g/mol. The van der Waals surface area contributed by atoms with Crippen molar-refractivity contribution in [1.82, 2.24) is 19.6 Å². The molecule has 5 heteroatoms. The van der Waals surface area contributed by atoms with Crippen LogP contribution in [0.5, 0.6) is 0 Å². The number of nitrogens with zero attached hydrogens (tertiary/aromatic N) is 3. The van der Waals surface area contributed by atoms with E-state index in [1.165, 1.54) is 4.52 Å². The fourth-order valence-electron chi connectivity index (χ4n) is 2.87. The molecule has 0 unspecified atom stereocenters. The van der Waals surface area contributed by atoms with Gasteiger partial charge in [-0.2, -0.15) is 0 Å². The van der Waals surface area contributed by atoms with Crippen LogP contribution in [-0.4, -0.2) is 19.6 Å². The van der Waals surface area contributed by atoms with E-state index < -0.39 is 0 Å². The lowest BCUT2D eigenvalue weighted by Gasteiger charge is -2.06. The van der Waals surface area contributed by atoms with Crippen LogP contribution in [0.4, 0.5) is 0 Å². The van der Waals surface area contributed by atoms with Crippen molar-refractivity contribution in [2.75, 3.05) is 0 Å². The Bertz CT molecular complexity index is 1050. The molecule has 3 aromatic heterocycles. The summed E-state index contributed by atoms with van der Waals surface area (Å²) >= 11 is 0. The Hall–Kier alpha value is -3.21. The molecule has 4 rings (SSSR count). The molecule has 0 saturated carbocycles. The van der Waals surface area contributed by atoms with E-state index in [1.807, 2.05) is 55.5 Å². The molecule has 24 heavy (non-hydrogen) atoms. The van der Waals surface area contributed by atoms with Gasteiger partial charge < -0.3 is 0 Å². The maximum absolute atomic E-state index is 12.9. The second-order valence-corrected chi connectivity index (χ2v) is 5.70. The van der Waals surface area contributed by atoms with Crippen LogP contribution in [0, 0.1) is 6.92 Å². The van der Waals surface area contributed by atoms with E-state index in [9.17, 15) is 4.79 Å². The summed E-state index contributed by atoms with van der Waals surface area (Å²) in [5.41, 5.74) is 4.70. The summed E-state index contributed by atoms with van der Waals surface area (Å²) in [7, 11) is 0. The lowest BCUT2D eigenvalue weighted by molar-refractivity contribution is 0.860. The van der Waals surface area contributed by atoms with Crippen LogP contribution in [0.1, 0.15) is 16.8 Å². The number of hydrogen-bond acceptors (Lipinski definition) is 3. The highest BCUT2D eigenvalue weighted by molar-refractivity contribution is 5.74. The number of pyridine rings is 1. The van der Waals surface area contributed by atoms with Gasteiger partial charge in [-0.3, -0.25) is 14.9 Å². The lowest BCUT2D eigenvalue weighted by atomic mass is 10.1. The van der Waals surface area contributed by atoms with Crippen LogP contribution in [0.25, 0.3) is 16.9 Å². The average Bonchev–Trinajstić information content (AvgIpc) is 3.04. The number of aromatic amines is 1. The van der Waals surface area contributed by atoms with E-state index in [0.717, 1.165) is 22.5 Å². The first-order chi connectivity index (χ1) is 11.7. The minimum absolute atomic E-state index is 0.0662. The van der Waals surface area contributed by atoms with Gasteiger partial charge in [-0.15, -0.1) is 0 Å². The number of hydrogen-bond donors (Lipinski definition) is 1. The largest absolute Gasteiger partial charge is 0.296 e. The van der Waals surface area contributed by atoms with Gasteiger partial charge in [0.25, 0.3) is 5.56 Å². The Kier molecular flexibility index (Phi) is 3.46. The van der Waals surface area contributed by atoms with Crippen molar-refractivity contribution < 1.29 is 0 Å². The fourth-order valence-corrected chi connectivity index (χ4v) is 2.87. The van der Waals surface area contributed by atoms with Gasteiger partial charge in [0.1, 0.15) is 0 Å². The van der Waals surface area contributed by atoms with Gasteiger partial charge in [0, 0.05) is 30.1 Å². The summed E-state index contributed by atoms with van der Waals surface area (Å²) in [4.78, 5) is 21.9. The Labute approximate surface area is 138 Å². The molecule has 0 amide bonds. The summed E-state index contributed by atoms with van der Waals surface area (Å²) in [6, 6.07) is 15.6. The Morgan fingerprint density at radius 3 is 2.62 bits per heavy atom. The monoisotopic (exact) mass is 316 g/mol. The molecule has 0 atom stereocenters. The second kappa shape index (κ2) is 5.77. The number of benzene rings is 1. The van der Waals surface area contributed by atoms with Gasteiger partial charge in [-0.1, -0.05) is 36.4 Å². The predicted octanol–water partition coefficient (Wildman–Crippen LogP) is 2.98. The Morgan fingerprint density at radius 1 is 1.08 bits per heavy atom. The van der Waals surface area contributed by atoms with Crippen LogP contribution in [-0.2, 0) is 6.42 Å². The number of fused-ring (bicyclic) bond motifs is 1. The van der Waals surface area contributed by atoms with Gasteiger partial charge in [-0.05, 0) is 24.6 Å². The minimum atomic E-state index is -0.0662. The predicted molar refractivity (Wildman–Crippen MR) is 93.0 cm³/mol. The molecule has 3 heterocycles. The van der Waals surface area contributed by atoms with Crippen molar-refractivity contribution in [3.8, 4) is 11.3 Å². The third-order valence-electron chi connectivity index (χ3n) is 4.13. The van der Waals surface area contributed by atoms with Crippen molar-refractivity contribution in [3.05, 3.63) is 88.1 Å². The highest BCUT2D eigenvalue weighted by atomic mass is 16.1. The van der Waals surface area contributed by atoms with Crippen LogP contribution in [0.2, 0.25) is 0 Å². The Morgan fingerprint density at radius 2 is 1.88 bits per heavy atom. The summed E-state index contributed by atoms with van der Waals surface area (Å²) in [6.07, 6.45) is 4.07. The third kappa shape index (κ3) is 2.40. The number of aromatic nitrogens is 4. The zero-order valence-corrected chi connectivity index (χ0v) is 13.2. The lowest BCUT2D eigenvalue weighted by Crippen LogP contribution is -2.22. The molecule has 0 bridgehead atoms. The first-order valence-corrected chi connectivity index (χ1v) is 7.79. The smallest absolute Gasteiger partial charge is 0.276 e. The average molecular weight is 316 g/mol. The number of aryl methyl sites for hydroxylation is 1. The molecule has 1 N–H and O–H groups in total. The highest BCUT2D eigenvalue weighted by Crippen LogP contribution is 2.21. The molecule has 1 aromatic carbocycles. The summed E-state index contributed by atoms with van der Waals surface area (Å²) < 4.78 is 1.50. The number of rotatable bonds is 3. The number of nitrogens with one attached hydrogen (secondary N) is 1. The van der Waals surface area contributed by atoms with Gasteiger partial charge in [-0.25, -0.2) is 9.50 Å². The van der Waals surface area contributed by atoms with E-state index in [2.05, 4.69) is 15.1 Å². The van der Waals surface area contributed by atoms with Crippen molar-refractivity contribution >= 4 is 5.65 Å². The Balaban J connectivity index is 1.86. The van der Waals surface area contributed by atoms with Crippen LogP contribution in [0.3, 0.4) is 0 Å². The van der Waals surface area contributed by atoms with Gasteiger partial charge >= 0.3 is 0 Å². The summed E-state index contributed by atoms with van der Waals surface area (Å²) in [6.45, 7) is 1.88. The first-order valence-electron chi connectivity index (χ1n) is 7.79. The van der Waals surface area contributed by atoms with E-state index >= 15 is 0 Å².